The van der Waals surface area contributed by atoms with Crippen LogP contribution in [-0.4, -0.2) is 36.8 Å². The highest BCUT2D eigenvalue weighted by Crippen LogP contribution is 2.27. The second kappa shape index (κ2) is 7.31. The molecular formula is C13H27ClN2O2. The van der Waals surface area contributed by atoms with Gasteiger partial charge in [-0.3, -0.25) is 4.79 Å². The third-order valence-electron chi connectivity index (χ3n) is 3.84. The van der Waals surface area contributed by atoms with E-state index in [0.29, 0.717) is 25.4 Å². The molecule has 1 aliphatic heterocycles. The van der Waals surface area contributed by atoms with Crippen molar-refractivity contribution in [2.75, 3.05) is 19.6 Å². The average Bonchev–Trinajstić information content (AvgIpc) is 2.59. The molecule has 5 heteroatoms. The van der Waals surface area contributed by atoms with Crippen LogP contribution < -0.4 is 10.6 Å². The van der Waals surface area contributed by atoms with Crippen molar-refractivity contribution in [2.24, 2.45) is 17.3 Å². The van der Waals surface area contributed by atoms with Gasteiger partial charge in [-0.25, -0.2) is 0 Å². The molecule has 3 unspecified atom stereocenters. The van der Waals surface area contributed by atoms with E-state index >= 15 is 0 Å². The van der Waals surface area contributed by atoms with Gasteiger partial charge in [-0.15, -0.1) is 12.4 Å². The number of β-amino-alcohol motifs (C(OH)–C–C–N with tert-alkyl or cyclic N) is 1. The number of carbonyl (C=O) groups excluding carboxylic acids is 1. The summed E-state index contributed by atoms with van der Waals surface area (Å²) in [7, 11) is 0. The largest absolute Gasteiger partial charge is 0.391 e. The molecule has 0 saturated carbocycles. The standard InChI is InChI=1S/C13H26N2O2.ClH/c1-9(13(2,3)4)5-12(17)15-7-10-6-14-8-11(10)16;/h9-11,14,16H,5-8H2,1-4H3,(H,15,17);1H. The summed E-state index contributed by atoms with van der Waals surface area (Å²) in [4.78, 5) is 11.8. The molecule has 1 heterocycles. The molecule has 0 aliphatic carbocycles. The van der Waals surface area contributed by atoms with E-state index in [-0.39, 0.29) is 35.8 Å². The summed E-state index contributed by atoms with van der Waals surface area (Å²) in [5.41, 5.74) is 0.158. The Hall–Kier alpha value is -0.320. The minimum atomic E-state index is -0.324. The van der Waals surface area contributed by atoms with E-state index in [0.717, 1.165) is 6.54 Å². The van der Waals surface area contributed by atoms with Crippen molar-refractivity contribution in [3.05, 3.63) is 0 Å². The first-order valence-electron chi connectivity index (χ1n) is 6.46. The molecule has 18 heavy (non-hydrogen) atoms. The van der Waals surface area contributed by atoms with Gasteiger partial charge in [0.2, 0.25) is 5.91 Å². The quantitative estimate of drug-likeness (QED) is 0.724. The van der Waals surface area contributed by atoms with Crippen molar-refractivity contribution in [3.8, 4) is 0 Å². The normalized spacial score (nSPS) is 25.4. The molecule has 1 fully saturated rings. The Morgan fingerprint density at radius 1 is 1.44 bits per heavy atom. The topological polar surface area (TPSA) is 61.4 Å². The van der Waals surface area contributed by atoms with E-state index in [1.165, 1.54) is 0 Å². The Balaban J connectivity index is 0.00000289. The first kappa shape index (κ1) is 17.7. The zero-order valence-electron chi connectivity index (χ0n) is 11.8. The van der Waals surface area contributed by atoms with Crippen LogP contribution >= 0.6 is 12.4 Å². The van der Waals surface area contributed by atoms with Crippen molar-refractivity contribution in [2.45, 2.75) is 40.2 Å². The number of aliphatic hydroxyl groups is 1. The van der Waals surface area contributed by atoms with E-state index in [1.54, 1.807) is 0 Å². The van der Waals surface area contributed by atoms with Gasteiger partial charge in [0.05, 0.1) is 6.10 Å². The van der Waals surface area contributed by atoms with Crippen LogP contribution in [0.3, 0.4) is 0 Å². The van der Waals surface area contributed by atoms with E-state index < -0.39 is 0 Å². The molecule has 0 radical (unpaired) electrons. The summed E-state index contributed by atoms with van der Waals surface area (Å²) in [5.74, 6) is 0.601. The van der Waals surface area contributed by atoms with E-state index in [9.17, 15) is 9.90 Å². The fourth-order valence-corrected chi connectivity index (χ4v) is 1.83. The highest BCUT2D eigenvalue weighted by molar-refractivity contribution is 5.85. The molecule has 1 aliphatic rings. The molecule has 0 aromatic heterocycles. The van der Waals surface area contributed by atoms with E-state index in [1.807, 2.05) is 0 Å². The van der Waals surface area contributed by atoms with Crippen LogP contribution in [0.4, 0.5) is 0 Å². The summed E-state index contributed by atoms with van der Waals surface area (Å²) in [5, 5.41) is 15.6. The molecule has 0 aromatic carbocycles. The van der Waals surface area contributed by atoms with Crippen LogP contribution in [-0.2, 0) is 4.79 Å². The SMILES string of the molecule is CC(CC(=O)NCC1CNCC1O)C(C)(C)C.Cl. The number of aliphatic hydroxyl groups excluding tert-OH is 1. The maximum absolute atomic E-state index is 11.8. The fraction of sp³-hybridized carbons (Fsp3) is 0.923. The number of hydrogen-bond acceptors (Lipinski definition) is 3. The molecular weight excluding hydrogens is 252 g/mol. The summed E-state index contributed by atoms with van der Waals surface area (Å²) in [6.45, 7) is 10.5. The third-order valence-corrected chi connectivity index (χ3v) is 3.84. The number of hydrogen-bond donors (Lipinski definition) is 3. The highest BCUT2D eigenvalue weighted by atomic mass is 35.5. The molecule has 3 atom stereocenters. The van der Waals surface area contributed by atoms with Gasteiger partial charge in [0, 0.05) is 32.0 Å². The van der Waals surface area contributed by atoms with Crippen LogP contribution in [0.15, 0.2) is 0 Å². The molecule has 0 bridgehead atoms. The van der Waals surface area contributed by atoms with Crippen LogP contribution in [0.1, 0.15) is 34.1 Å². The van der Waals surface area contributed by atoms with Gasteiger partial charge >= 0.3 is 0 Å². The lowest BCUT2D eigenvalue weighted by atomic mass is 9.80. The van der Waals surface area contributed by atoms with Crippen molar-refractivity contribution >= 4 is 18.3 Å². The zero-order chi connectivity index (χ0) is 13.1. The Morgan fingerprint density at radius 3 is 2.50 bits per heavy atom. The lowest BCUT2D eigenvalue weighted by Gasteiger charge is -2.26. The second-order valence-electron chi connectivity index (χ2n) is 6.26. The molecule has 0 aromatic rings. The van der Waals surface area contributed by atoms with Gasteiger partial charge in [0.25, 0.3) is 0 Å². The number of carbonyl (C=O) groups is 1. The van der Waals surface area contributed by atoms with Gasteiger partial charge in [-0.05, 0) is 11.3 Å². The van der Waals surface area contributed by atoms with E-state index in [4.69, 9.17) is 0 Å². The molecule has 1 rings (SSSR count). The van der Waals surface area contributed by atoms with Crippen LogP contribution in [0.2, 0.25) is 0 Å². The molecule has 4 nitrogen and oxygen atoms in total. The highest BCUT2D eigenvalue weighted by Gasteiger charge is 2.26. The maximum Gasteiger partial charge on any atom is 0.220 e. The van der Waals surface area contributed by atoms with Crippen LogP contribution in [0.5, 0.6) is 0 Å². The fourth-order valence-electron chi connectivity index (χ4n) is 1.83. The van der Waals surface area contributed by atoms with Gasteiger partial charge in [-0.2, -0.15) is 0 Å². The minimum Gasteiger partial charge on any atom is -0.391 e. The van der Waals surface area contributed by atoms with Crippen molar-refractivity contribution in [3.63, 3.8) is 0 Å². The lowest BCUT2D eigenvalue weighted by molar-refractivity contribution is -0.122. The summed E-state index contributed by atoms with van der Waals surface area (Å²) in [6.07, 6.45) is 0.232. The average molecular weight is 279 g/mol. The van der Waals surface area contributed by atoms with Gasteiger partial charge in [0.15, 0.2) is 0 Å². The molecule has 1 saturated heterocycles. The molecule has 1 amide bonds. The molecule has 108 valence electrons. The molecule has 0 spiro atoms. The first-order valence-corrected chi connectivity index (χ1v) is 6.46. The number of amides is 1. The maximum atomic E-state index is 11.8. The Labute approximate surface area is 116 Å². The minimum absolute atomic E-state index is 0. The molecule has 3 N–H and O–H groups in total. The van der Waals surface area contributed by atoms with Gasteiger partial charge in [0.1, 0.15) is 0 Å². The number of nitrogens with one attached hydrogen (secondary N) is 2. The first-order chi connectivity index (χ1) is 7.80. The smallest absolute Gasteiger partial charge is 0.220 e. The van der Waals surface area contributed by atoms with Gasteiger partial charge < -0.3 is 15.7 Å². The second-order valence-corrected chi connectivity index (χ2v) is 6.26. The number of halogens is 1. The summed E-state index contributed by atoms with van der Waals surface area (Å²) >= 11 is 0. The Kier molecular flexibility index (Phi) is 7.18. The zero-order valence-corrected chi connectivity index (χ0v) is 12.6. The van der Waals surface area contributed by atoms with Crippen LogP contribution in [0.25, 0.3) is 0 Å². The lowest BCUT2D eigenvalue weighted by Crippen LogP contribution is -2.36. The summed E-state index contributed by atoms with van der Waals surface area (Å²) in [6, 6.07) is 0. The van der Waals surface area contributed by atoms with E-state index in [2.05, 4.69) is 38.3 Å². The van der Waals surface area contributed by atoms with Crippen molar-refractivity contribution in [1.82, 2.24) is 10.6 Å². The Morgan fingerprint density at radius 2 is 2.06 bits per heavy atom. The monoisotopic (exact) mass is 278 g/mol. The summed E-state index contributed by atoms with van der Waals surface area (Å²) < 4.78 is 0. The van der Waals surface area contributed by atoms with Crippen molar-refractivity contribution in [1.29, 1.82) is 0 Å². The Bertz CT molecular complexity index is 266. The third kappa shape index (κ3) is 5.55. The van der Waals surface area contributed by atoms with Crippen LogP contribution in [0, 0.1) is 17.3 Å². The van der Waals surface area contributed by atoms with Crippen molar-refractivity contribution < 1.29 is 9.90 Å². The number of rotatable bonds is 4. The van der Waals surface area contributed by atoms with Gasteiger partial charge in [-0.1, -0.05) is 27.7 Å². The predicted molar refractivity (Wildman–Crippen MR) is 75.9 cm³/mol. The predicted octanol–water partition coefficient (Wildman–Crippen LogP) is 1.18.